The van der Waals surface area contributed by atoms with Gasteiger partial charge in [0.25, 0.3) is 0 Å². The molecular weight excluding hydrogens is 446 g/mol. The van der Waals surface area contributed by atoms with Gasteiger partial charge >= 0.3 is 12.1 Å². The van der Waals surface area contributed by atoms with E-state index >= 15 is 0 Å². The number of nitrogens with zero attached hydrogens (tertiary/aromatic N) is 2. The summed E-state index contributed by atoms with van der Waals surface area (Å²) in [5.74, 6) is 6.21. The molecule has 176 valence electrons. The van der Waals surface area contributed by atoms with Gasteiger partial charge in [0.15, 0.2) is 0 Å². The van der Waals surface area contributed by atoms with Crippen LogP contribution in [-0.4, -0.2) is 42.1 Å². The van der Waals surface area contributed by atoms with Gasteiger partial charge in [0, 0.05) is 11.6 Å². The van der Waals surface area contributed by atoms with Crippen LogP contribution < -0.4 is 21.3 Å². The molecule has 4 amide bonds. The molecule has 0 bridgehead atoms. The normalized spacial score (nSPS) is 13.7. The number of imide groups is 1. The Balaban J connectivity index is 1.56. The number of carbonyl (C=O) groups is 2. The lowest BCUT2D eigenvalue weighted by atomic mass is 9.96. The van der Waals surface area contributed by atoms with E-state index in [1.54, 1.807) is 31.2 Å². The minimum Gasteiger partial charge on any atom is -0.490 e. The van der Waals surface area contributed by atoms with E-state index in [1.165, 1.54) is 6.42 Å². The van der Waals surface area contributed by atoms with Crippen molar-refractivity contribution in [2.75, 3.05) is 13.2 Å². The molecule has 10 heteroatoms. The third kappa shape index (κ3) is 7.74. The molecule has 1 aliphatic rings. The summed E-state index contributed by atoms with van der Waals surface area (Å²) < 4.78 is 5.83. The van der Waals surface area contributed by atoms with Crippen molar-refractivity contribution in [3.63, 3.8) is 0 Å². The number of amides is 4. The first-order chi connectivity index (χ1) is 15.9. The van der Waals surface area contributed by atoms with Gasteiger partial charge in [-0.25, -0.2) is 25.4 Å². The Kier molecular flexibility index (Phi) is 9.05. The van der Waals surface area contributed by atoms with Crippen LogP contribution in [0.15, 0.2) is 53.5 Å². The standard InChI is InChI=1S/C23H28ClN5O4/c1-16(27-19-9-11-21(12-10-19)33-20-3-2-4-20)28-23(31)29(13-14-32-25)22(30)26-15-17-5-7-18(24)8-6-17/h5-12,20H,2-4,13-15,25H2,1H3,(H,26,30)(H,27,28,31). The molecule has 0 spiro atoms. The van der Waals surface area contributed by atoms with E-state index in [2.05, 4.69) is 20.5 Å². The van der Waals surface area contributed by atoms with Crippen LogP contribution in [0.2, 0.25) is 5.02 Å². The second-order valence-corrected chi connectivity index (χ2v) is 8.04. The van der Waals surface area contributed by atoms with Gasteiger partial charge in [-0.2, -0.15) is 0 Å². The molecule has 3 rings (SSSR count). The van der Waals surface area contributed by atoms with Gasteiger partial charge in [-0.3, -0.25) is 5.32 Å². The number of benzene rings is 2. The lowest BCUT2D eigenvalue weighted by molar-refractivity contribution is 0.117. The minimum atomic E-state index is -0.646. The van der Waals surface area contributed by atoms with Crippen molar-refractivity contribution in [1.82, 2.24) is 15.5 Å². The molecule has 33 heavy (non-hydrogen) atoms. The molecule has 0 saturated heterocycles. The van der Waals surface area contributed by atoms with Crippen LogP contribution in [0.3, 0.4) is 0 Å². The molecular formula is C23H28ClN5O4. The van der Waals surface area contributed by atoms with Gasteiger partial charge in [0.2, 0.25) is 0 Å². The first kappa shape index (κ1) is 24.5. The maximum absolute atomic E-state index is 12.7. The maximum Gasteiger partial charge on any atom is 0.330 e. The van der Waals surface area contributed by atoms with E-state index in [9.17, 15) is 9.59 Å². The molecule has 4 N–H and O–H groups in total. The number of ether oxygens (including phenoxy) is 1. The van der Waals surface area contributed by atoms with E-state index in [0.717, 1.165) is 29.1 Å². The molecule has 2 aromatic carbocycles. The highest BCUT2D eigenvalue weighted by molar-refractivity contribution is 6.30. The zero-order valence-electron chi connectivity index (χ0n) is 18.4. The predicted octanol–water partition coefficient (Wildman–Crippen LogP) is 4.13. The summed E-state index contributed by atoms with van der Waals surface area (Å²) in [5, 5.41) is 5.91. The Labute approximate surface area is 197 Å². The topological polar surface area (TPSA) is 118 Å². The Bertz CT molecular complexity index is 962. The molecule has 1 aliphatic carbocycles. The molecule has 0 atom stereocenters. The summed E-state index contributed by atoms with van der Waals surface area (Å²) in [5.41, 5.74) is 1.49. The second kappa shape index (κ2) is 12.2. The molecule has 2 aromatic rings. The van der Waals surface area contributed by atoms with Gasteiger partial charge in [-0.15, -0.1) is 0 Å². The largest absolute Gasteiger partial charge is 0.490 e. The summed E-state index contributed by atoms with van der Waals surface area (Å²) in [7, 11) is 0. The molecule has 0 aromatic heterocycles. The molecule has 0 unspecified atom stereocenters. The molecule has 0 aliphatic heterocycles. The quantitative estimate of drug-likeness (QED) is 0.302. The van der Waals surface area contributed by atoms with Crippen LogP contribution in [0.5, 0.6) is 5.75 Å². The second-order valence-electron chi connectivity index (χ2n) is 7.60. The van der Waals surface area contributed by atoms with Crippen molar-refractivity contribution in [2.24, 2.45) is 10.9 Å². The number of hydrogen-bond donors (Lipinski definition) is 3. The highest BCUT2D eigenvalue weighted by atomic mass is 35.5. The van der Waals surface area contributed by atoms with Crippen molar-refractivity contribution in [1.29, 1.82) is 0 Å². The number of nitrogens with two attached hydrogens (primary N) is 1. The Morgan fingerprint density at radius 2 is 1.82 bits per heavy atom. The van der Waals surface area contributed by atoms with Gasteiger partial charge in [-0.05, 0) is 68.1 Å². The van der Waals surface area contributed by atoms with E-state index < -0.39 is 12.1 Å². The maximum atomic E-state index is 12.7. The minimum absolute atomic E-state index is 0.0135. The Hall–Kier alpha value is -3.14. The summed E-state index contributed by atoms with van der Waals surface area (Å²) in [4.78, 5) is 35.2. The number of urea groups is 2. The number of halogens is 1. The third-order valence-corrected chi connectivity index (χ3v) is 5.31. The fourth-order valence-corrected chi connectivity index (χ4v) is 3.16. The van der Waals surface area contributed by atoms with E-state index in [4.69, 9.17) is 22.2 Å². The lowest BCUT2D eigenvalue weighted by Gasteiger charge is -2.26. The number of rotatable bonds is 8. The van der Waals surface area contributed by atoms with Crippen molar-refractivity contribution in [2.45, 2.75) is 38.8 Å². The number of aliphatic imine (C=N–C) groups is 1. The summed E-state index contributed by atoms with van der Waals surface area (Å²) >= 11 is 5.87. The van der Waals surface area contributed by atoms with Crippen LogP contribution >= 0.6 is 11.6 Å². The lowest BCUT2D eigenvalue weighted by Crippen LogP contribution is -2.50. The van der Waals surface area contributed by atoms with Crippen molar-refractivity contribution in [3.8, 4) is 5.75 Å². The number of hydrogen-bond acceptors (Lipinski definition) is 6. The summed E-state index contributed by atoms with van der Waals surface area (Å²) in [6.45, 7) is 1.82. The van der Waals surface area contributed by atoms with Crippen LogP contribution in [-0.2, 0) is 11.4 Å². The fraction of sp³-hybridized carbons (Fsp3) is 0.348. The zero-order valence-corrected chi connectivity index (χ0v) is 19.2. The first-order valence-corrected chi connectivity index (χ1v) is 11.1. The van der Waals surface area contributed by atoms with Crippen LogP contribution in [0.1, 0.15) is 31.7 Å². The first-order valence-electron chi connectivity index (χ1n) is 10.7. The van der Waals surface area contributed by atoms with Crippen LogP contribution in [0, 0.1) is 0 Å². The molecule has 1 fully saturated rings. The van der Waals surface area contributed by atoms with Crippen molar-refractivity contribution >= 4 is 35.2 Å². The van der Waals surface area contributed by atoms with Gasteiger partial charge in [-0.1, -0.05) is 23.7 Å². The van der Waals surface area contributed by atoms with Gasteiger partial charge in [0.05, 0.1) is 24.9 Å². The SMILES string of the molecule is C/C(=N/c1ccc(OC2CCC2)cc1)NC(=O)N(CCON)C(=O)NCc1ccc(Cl)cc1. The van der Waals surface area contributed by atoms with Gasteiger partial charge in [0.1, 0.15) is 11.6 Å². The number of nitrogens with one attached hydrogen (secondary N) is 2. The highest BCUT2D eigenvalue weighted by Gasteiger charge is 2.22. The smallest absolute Gasteiger partial charge is 0.330 e. The zero-order chi connectivity index (χ0) is 23.6. The van der Waals surface area contributed by atoms with E-state index in [1.807, 2.05) is 24.3 Å². The molecule has 0 heterocycles. The van der Waals surface area contributed by atoms with Crippen LogP contribution in [0.25, 0.3) is 0 Å². The van der Waals surface area contributed by atoms with E-state index in [0.29, 0.717) is 22.6 Å². The Morgan fingerprint density at radius 3 is 2.42 bits per heavy atom. The highest BCUT2D eigenvalue weighted by Crippen LogP contribution is 2.26. The number of carbonyl (C=O) groups excluding carboxylic acids is 2. The van der Waals surface area contributed by atoms with Crippen molar-refractivity contribution in [3.05, 3.63) is 59.1 Å². The fourth-order valence-electron chi connectivity index (χ4n) is 3.04. The van der Waals surface area contributed by atoms with E-state index in [-0.39, 0.29) is 19.7 Å². The van der Waals surface area contributed by atoms with Gasteiger partial charge < -0.3 is 14.9 Å². The monoisotopic (exact) mass is 473 g/mol. The van der Waals surface area contributed by atoms with Crippen LogP contribution in [0.4, 0.5) is 15.3 Å². The number of amidine groups is 1. The third-order valence-electron chi connectivity index (χ3n) is 5.06. The average Bonchev–Trinajstić information content (AvgIpc) is 2.77. The predicted molar refractivity (Wildman–Crippen MR) is 127 cm³/mol. The summed E-state index contributed by atoms with van der Waals surface area (Å²) in [6, 6.07) is 13.1. The summed E-state index contributed by atoms with van der Waals surface area (Å²) in [6.07, 6.45) is 3.68. The Morgan fingerprint density at radius 1 is 1.12 bits per heavy atom. The van der Waals surface area contributed by atoms with Crippen molar-refractivity contribution < 1.29 is 19.2 Å². The molecule has 1 saturated carbocycles. The average molecular weight is 474 g/mol. The molecule has 0 radical (unpaired) electrons. The molecule has 9 nitrogen and oxygen atoms in total.